The normalized spacial score (nSPS) is 10.5. The molecule has 0 fully saturated rings. The van der Waals surface area contributed by atoms with Gasteiger partial charge in [0, 0.05) is 5.87 Å². The summed E-state index contributed by atoms with van der Waals surface area (Å²) in [6.07, 6.45) is 0. The van der Waals surface area contributed by atoms with Crippen molar-refractivity contribution in [2.45, 2.75) is 0 Å². The number of amidine groups is 1. The number of nitrogens with two attached hydrogens (primary N) is 1. The average molecular weight is 156 g/mol. The predicted molar refractivity (Wildman–Crippen MR) is 40.6 cm³/mol. The van der Waals surface area contributed by atoms with Crippen LogP contribution in [0.5, 0.6) is 0 Å². The van der Waals surface area contributed by atoms with Crippen LogP contribution in [0.2, 0.25) is 0 Å². The van der Waals surface area contributed by atoms with Gasteiger partial charge in [-0.2, -0.15) is 0 Å². The Bertz CT molecular complexity index is 217. The third-order valence-electron chi connectivity index (χ3n) is 0.834. The molecule has 0 radical (unpaired) electrons. The topological polar surface area (TPSA) is 112 Å². The summed E-state index contributed by atoms with van der Waals surface area (Å²) >= 11 is 0. The lowest BCUT2D eigenvalue weighted by atomic mass is 10.4. The lowest BCUT2D eigenvalue weighted by molar-refractivity contribution is 0.307. The van der Waals surface area contributed by atoms with Crippen molar-refractivity contribution in [3.63, 3.8) is 0 Å². The maximum atomic E-state index is 9.85. The molecule has 0 bridgehead atoms. The molecule has 0 aliphatic carbocycles. The van der Waals surface area contributed by atoms with E-state index >= 15 is 0 Å². The Kier molecular flexibility index (Phi) is 4.55. The van der Waals surface area contributed by atoms with E-state index in [1.807, 2.05) is 0 Å². The third-order valence-corrected chi connectivity index (χ3v) is 0.834. The highest BCUT2D eigenvalue weighted by molar-refractivity contribution is 6.03. The Labute approximate surface area is 62.9 Å². The molecule has 0 saturated heterocycles. The number of nitroso groups, excluding NO2 is 1. The van der Waals surface area contributed by atoms with Crippen LogP contribution in [0, 0.1) is 10.3 Å². The van der Waals surface area contributed by atoms with Gasteiger partial charge in [0.1, 0.15) is 0 Å². The van der Waals surface area contributed by atoms with Gasteiger partial charge in [0.15, 0.2) is 5.84 Å². The maximum absolute atomic E-state index is 9.85. The second kappa shape index (κ2) is 5.28. The summed E-state index contributed by atoms with van der Waals surface area (Å²) < 4.78 is 0. The molecule has 0 spiro atoms. The quantitative estimate of drug-likeness (QED) is 0.282. The van der Waals surface area contributed by atoms with Crippen LogP contribution in [-0.4, -0.2) is 30.0 Å². The van der Waals surface area contributed by atoms with Crippen LogP contribution in [0.15, 0.2) is 15.9 Å². The molecule has 4 N–H and O–H groups in total. The van der Waals surface area contributed by atoms with Crippen molar-refractivity contribution in [3.8, 4) is 0 Å². The molecule has 0 aromatic rings. The molecule has 0 heterocycles. The zero-order chi connectivity index (χ0) is 8.69. The van der Waals surface area contributed by atoms with Gasteiger partial charge in [-0.1, -0.05) is 0 Å². The molecule has 0 unspecified atom stereocenters. The van der Waals surface area contributed by atoms with Crippen LogP contribution in [0.25, 0.3) is 0 Å². The molecule has 0 saturated carbocycles. The lowest BCUT2D eigenvalue weighted by Gasteiger charge is -1.92. The van der Waals surface area contributed by atoms with Crippen molar-refractivity contribution >= 4 is 11.7 Å². The summed E-state index contributed by atoms with van der Waals surface area (Å²) in [5, 5.41) is 17.2. The molecule has 0 aromatic carbocycles. The molecule has 11 heavy (non-hydrogen) atoms. The minimum Gasteiger partial charge on any atom is -0.394 e. The summed E-state index contributed by atoms with van der Waals surface area (Å²) in [5.41, 5.74) is 4.80. The van der Waals surface area contributed by atoms with Crippen molar-refractivity contribution in [2.24, 2.45) is 15.9 Å². The number of hydrogen-bond donors (Lipinski definition) is 3. The summed E-state index contributed by atoms with van der Waals surface area (Å²) in [4.78, 5) is 13.4. The lowest BCUT2D eigenvalue weighted by Crippen LogP contribution is -2.15. The van der Waals surface area contributed by atoms with Gasteiger partial charge in [0.2, 0.25) is 5.70 Å². The van der Waals surface area contributed by atoms with E-state index in [2.05, 4.69) is 10.2 Å². The van der Waals surface area contributed by atoms with Gasteiger partial charge in [0.25, 0.3) is 0 Å². The van der Waals surface area contributed by atoms with Crippen LogP contribution >= 0.6 is 0 Å². The number of aliphatic hydroxyl groups is 1. The third kappa shape index (κ3) is 3.24. The summed E-state index contributed by atoms with van der Waals surface area (Å²) in [7, 11) is 0. The van der Waals surface area contributed by atoms with Crippen LogP contribution in [0.3, 0.4) is 0 Å². The second-order valence-electron chi connectivity index (χ2n) is 1.56. The van der Waals surface area contributed by atoms with E-state index in [1.54, 1.807) is 5.87 Å². The van der Waals surface area contributed by atoms with Gasteiger partial charge in [-0.25, -0.2) is 0 Å². The Morgan fingerprint density at radius 3 is 2.73 bits per heavy atom. The Morgan fingerprint density at radius 2 is 2.36 bits per heavy atom. The molecular weight excluding hydrogens is 148 g/mol. The van der Waals surface area contributed by atoms with Gasteiger partial charge >= 0.3 is 0 Å². The van der Waals surface area contributed by atoms with E-state index in [0.29, 0.717) is 0 Å². The van der Waals surface area contributed by atoms with E-state index in [4.69, 9.17) is 16.2 Å². The minimum atomic E-state index is -0.349. The number of hydrogen-bond acceptors (Lipinski definition) is 5. The molecule has 6 heteroatoms. The molecule has 0 rings (SSSR count). The first-order valence-corrected chi connectivity index (χ1v) is 2.80. The van der Waals surface area contributed by atoms with Gasteiger partial charge in [0.05, 0.1) is 13.2 Å². The van der Waals surface area contributed by atoms with Crippen LogP contribution in [-0.2, 0) is 0 Å². The van der Waals surface area contributed by atoms with Crippen molar-refractivity contribution < 1.29 is 5.11 Å². The van der Waals surface area contributed by atoms with Crippen molar-refractivity contribution in [1.29, 1.82) is 5.41 Å². The van der Waals surface area contributed by atoms with E-state index in [1.165, 1.54) is 0 Å². The Hall–Kier alpha value is -1.52. The molecule has 6 nitrogen and oxygen atoms in total. The average Bonchev–Trinajstić information content (AvgIpc) is 2.03. The van der Waals surface area contributed by atoms with E-state index < -0.39 is 0 Å². The van der Waals surface area contributed by atoms with Crippen molar-refractivity contribution in [1.82, 2.24) is 0 Å². The fourth-order valence-corrected chi connectivity index (χ4v) is 0.379. The smallest absolute Gasteiger partial charge is 0.209 e. The SMILES string of the molecule is N=C=C(N=O)C(N)=NCCO. The molecule has 0 amide bonds. The van der Waals surface area contributed by atoms with Crippen molar-refractivity contribution in [3.05, 3.63) is 10.6 Å². The van der Waals surface area contributed by atoms with Crippen LogP contribution in [0.1, 0.15) is 0 Å². The summed E-state index contributed by atoms with van der Waals surface area (Å²) in [6.45, 7) is -0.0721. The van der Waals surface area contributed by atoms with Crippen LogP contribution < -0.4 is 5.73 Å². The van der Waals surface area contributed by atoms with E-state index in [-0.39, 0.29) is 24.7 Å². The second-order valence-corrected chi connectivity index (χ2v) is 1.56. The number of nitrogens with zero attached hydrogens (tertiary/aromatic N) is 2. The predicted octanol–water partition coefficient (Wildman–Crippen LogP) is -0.765. The standard InChI is InChI=1S/C5H8N4O2/c6-3-4(9-11)5(7)8-1-2-10/h6,10H,1-2H2,(H2,7,8). The highest BCUT2D eigenvalue weighted by atomic mass is 16.3. The largest absolute Gasteiger partial charge is 0.394 e. The highest BCUT2D eigenvalue weighted by Crippen LogP contribution is 1.88. The first-order valence-electron chi connectivity index (χ1n) is 2.80. The van der Waals surface area contributed by atoms with Gasteiger partial charge in [-0.3, -0.25) is 10.4 Å². The molecule has 0 aliphatic rings. The van der Waals surface area contributed by atoms with Crippen LogP contribution in [0.4, 0.5) is 0 Å². The number of rotatable bonds is 4. The maximum Gasteiger partial charge on any atom is 0.209 e. The van der Waals surface area contributed by atoms with E-state index in [9.17, 15) is 4.91 Å². The van der Waals surface area contributed by atoms with E-state index in [0.717, 1.165) is 0 Å². The van der Waals surface area contributed by atoms with Gasteiger partial charge < -0.3 is 10.8 Å². The monoisotopic (exact) mass is 156 g/mol. The first kappa shape index (κ1) is 9.48. The number of aliphatic imine (C=N–C) groups is 1. The zero-order valence-electron chi connectivity index (χ0n) is 5.74. The molecular formula is C5H8N4O2. The summed E-state index contributed by atoms with van der Waals surface area (Å²) in [5.74, 6) is 1.53. The minimum absolute atomic E-state index is 0.0898. The highest BCUT2D eigenvalue weighted by Gasteiger charge is 2.00. The molecule has 0 aliphatic heterocycles. The fourth-order valence-electron chi connectivity index (χ4n) is 0.379. The molecule has 0 aromatic heterocycles. The summed E-state index contributed by atoms with van der Waals surface area (Å²) in [6, 6.07) is 0. The van der Waals surface area contributed by atoms with Gasteiger partial charge in [-0.15, -0.1) is 4.91 Å². The zero-order valence-corrected chi connectivity index (χ0v) is 5.74. The fraction of sp³-hybridized carbons (Fsp3) is 0.400. The van der Waals surface area contributed by atoms with Gasteiger partial charge in [-0.05, 0) is 5.18 Å². The number of aliphatic hydroxyl groups excluding tert-OH is 1. The Balaban J connectivity index is 4.32. The Morgan fingerprint density at radius 1 is 1.73 bits per heavy atom. The van der Waals surface area contributed by atoms with Crippen molar-refractivity contribution in [2.75, 3.05) is 13.2 Å². The molecule has 0 atom stereocenters. The number of nitrogens with one attached hydrogen (secondary N) is 1. The first-order chi connectivity index (χ1) is 5.26. The molecule has 60 valence electrons.